The quantitative estimate of drug-likeness (QED) is 0.185. The van der Waals surface area contributed by atoms with Gasteiger partial charge in [-0.15, -0.1) is 11.3 Å². The molecule has 2 aromatic carbocycles. The van der Waals surface area contributed by atoms with E-state index in [9.17, 15) is 14.7 Å². The largest absolute Gasteiger partial charge is 0.505 e. The fourth-order valence-electron chi connectivity index (χ4n) is 4.72. The summed E-state index contributed by atoms with van der Waals surface area (Å²) < 4.78 is 7.73. The predicted octanol–water partition coefficient (Wildman–Crippen LogP) is 5.30. The molecule has 0 bridgehead atoms. The fraction of sp³-hybridized carbons (Fsp3) is 0.103. The van der Waals surface area contributed by atoms with Crippen molar-refractivity contribution in [3.63, 3.8) is 0 Å². The van der Waals surface area contributed by atoms with Crippen LogP contribution < -0.4 is 9.64 Å². The fourth-order valence-corrected chi connectivity index (χ4v) is 5.39. The van der Waals surface area contributed by atoms with Crippen molar-refractivity contribution in [2.24, 2.45) is 0 Å². The number of anilines is 1. The molecule has 1 fully saturated rings. The van der Waals surface area contributed by atoms with Crippen molar-refractivity contribution < 1.29 is 19.4 Å². The molecular formula is C29H22N4O4S. The number of ketones is 1. The van der Waals surface area contributed by atoms with Gasteiger partial charge in [-0.1, -0.05) is 48.5 Å². The van der Waals surface area contributed by atoms with Gasteiger partial charge in [0, 0.05) is 17.8 Å². The molecule has 1 saturated heterocycles. The number of rotatable bonds is 6. The van der Waals surface area contributed by atoms with Crippen LogP contribution >= 0.6 is 11.3 Å². The van der Waals surface area contributed by atoms with Crippen molar-refractivity contribution in [1.82, 2.24) is 14.4 Å². The first kappa shape index (κ1) is 23.6. The van der Waals surface area contributed by atoms with E-state index in [0.29, 0.717) is 40.1 Å². The number of aromatic nitrogens is 3. The number of carbonyl (C=O) groups is 2. The van der Waals surface area contributed by atoms with Crippen molar-refractivity contribution >= 4 is 39.6 Å². The maximum Gasteiger partial charge on any atom is 0.301 e. The maximum absolute atomic E-state index is 13.5. The Balaban J connectivity index is 1.49. The minimum absolute atomic E-state index is 0.0286. The van der Waals surface area contributed by atoms with Gasteiger partial charge in [0.1, 0.15) is 23.7 Å². The number of hydrogen-bond acceptors (Lipinski definition) is 7. The van der Waals surface area contributed by atoms with E-state index < -0.39 is 17.7 Å². The third kappa shape index (κ3) is 4.03. The van der Waals surface area contributed by atoms with Gasteiger partial charge in [-0.3, -0.25) is 18.9 Å². The molecule has 1 unspecified atom stereocenters. The molecule has 5 aromatic rings. The number of nitrogens with zero attached hydrogens (tertiary/aromatic N) is 4. The highest BCUT2D eigenvalue weighted by Crippen LogP contribution is 2.43. The molecule has 1 atom stereocenters. The third-order valence-electron chi connectivity index (χ3n) is 6.42. The summed E-state index contributed by atoms with van der Waals surface area (Å²) in [5, 5.41) is 13.7. The van der Waals surface area contributed by atoms with Gasteiger partial charge in [-0.05, 0) is 42.3 Å². The van der Waals surface area contributed by atoms with Gasteiger partial charge in [0.05, 0.1) is 17.3 Å². The lowest BCUT2D eigenvalue weighted by atomic mass is 9.96. The van der Waals surface area contributed by atoms with Gasteiger partial charge >= 0.3 is 5.91 Å². The van der Waals surface area contributed by atoms with Gasteiger partial charge in [-0.2, -0.15) is 0 Å². The summed E-state index contributed by atoms with van der Waals surface area (Å²) >= 11 is 1.24. The number of fused-ring (bicyclic) bond motifs is 1. The Morgan fingerprint density at radius 1 is 1.05 bits per heavy atom. The minimum Gasteiger partial charge on any atom is -0.505 e. The number of imidazole rings is 1. The van der Waals surface area contributed by atoms with Crippen molar-refractivity contribution in [2.75, 3.05) is 4.90 Å². The molecule has 1 N–H and O–H groups in total. The van der Waals surface area contributed by atoms with Gasteiger partial charge in [0.25, 0.3) is 5.78 Å². The summed E-state index contributed by atoms with van der Waals surface area (Å²) in [4.78, 5) is 37.0. The van der Waals surface area contributed by atoms with Crippen LogP contribution in [0.3, 0.4) is 0 Å². The molecule has 38 heavy (non-hydrogen) atoms. The Hall–Kier alpha value is -4.76. The average Bonchev–Trinajstić information content (AvgIpc) is 3.64. The van der Waals surface area contributed by atoms with Crippen LogP contribution in [0.2, 0.25) is 0 Å². The second-order valence-corrected chi connectivity index (χ2v) is 9.68. The number of Topliss-reactive ketones (excluding diaryl/α,β-unsaturated/α-hetero) is 1. The van der Waals surface area contributed by atoms with Crippen molar-refractivity contribution in [3.8, 4) is 5.75 Å². The second kappa shape index (κ2) is 9.60. The van der Waals surface area contributed by atoms with Gasteiger partial charge in [0.15, 0.2) is 10.9 Å². The molecule has 1 amide bonds. The SMILES string of the molecule is Cc1nc2ccccn2c1C(O)=C1C(=O)C(=O)N(c2nccs2)C1c1cccc(OCc2ccccc2)c1. The Morgan fingerprint density at radius 3 is 2.66 bits per heavy atom. The molecule has 4 heterocycles. The zero-order chi connectivity index (χ0) is 26.2. The number of ether oxygens (including phenoxy) is 1. The average molecular weight is 523 g/mol. The standard InChI is InChI=1S/C29H22N4O4S/c1-18-24(32-14-6-5-12-22(32)31-18)26(34)23-25(33(28(36)27(23)35)29-30-13-15-38-29)20-10-7-11-21(16-20)37-17-19-8-3-2-4-9-19/h2-16,25,34H,17H2,1H3. The molecule has 1 aliphatic rings. The lowest BCUT2D eigenvalue weighted by Gasteiger charge is -2.23. The molecule has 0 aliphatic carbocycles. The first-order chi connectivity index (χ1) is 18.5. The highest BCUT2D eigenvalue weighted by atomic mass is 32.1. The number of benzene rings is 2. The topological polar surface area (TPSA) is 97.0 Å². The van der Waals surface area contributed by atoms with E-state index in [4.69, 9.17) is 4.74 Å². The number of thiazole rings is 1. The lowest BCUT2D eigenvalue weighted by Crippen LogP contribution is -2.29. The highest BCUT2D eigenvalue weighted by molar-refractivity contribution is 7.14. The Bertz CT molecular complexity index is 1690. The third-order valence-corrected chi connectivity index (χ3v) is 7.19. The number of aliphatic hydroxyl groups is 1. The van der Waals surface area contributed by atoms with Crippen LogP contribution in [0.1, 0.15) is 28.6 Å². The van der Waals surface area contributed by atoms with E-state index in [2.05, 4.69) is 9.97 Å². The molecule has 0 saturated carbocycles. The summed E-state index contributed by atoms with van der Waals surface area (Å²) in [7, 11) is 0. The van der Waals surface area contributed by atoms with E-state index in [1.807, 2.05) is 54.6 Å². The number of carbonyl (C=O) groups excluding carboxylic acids is 2. The molecule has 188 valence electrons. The van der Waals surface area contributed by atoms with E-state index >= 15 is 0 Å². The molecule has 3 aromatic heterocycles. The Labute approximate surface area is 222 Å². The smallest absolute Gasteiger partial charge is 0.301 e. The monoisotopic (exact) mass is 522 g/mol. The molecule has 0 spiro atoms. The Kier molecular flexibility index (Phi) is 5.97. The van der Waals surface area contributed by atoms with Crippen LogP contribution in [-0.2, 0) is 16.2 Å². The van der Waals surface area contributed by atoms with Crippen LogP contribution in [0.4, 0.5) is 5.13 Å². The molecule has 0 radical (unpaired) electrons. The predicted molar refractivity (Wildman–Crippen MR) is 144 cm³/mol. The van der Waals surface area contributed by atoms with E-state index in [1.165, 1.54) is 16.2 Å². The van der Waals surface area contributed by atoms with Crippen LogP contribution in [-0.4, -0.2) is 31.2 Å². The molecule has 9 heteroatoms. The number of aliphatic hydroxyl groups excluding tert-OH is 1. The van der Waals surface area contributed by atoms with Gasteiger partial charge < -0.3 is 9.84 Å². The first-order valence-electron chi connectivity index (χ1n) is 11.9. The summed E-state index contributed by atoms with van der Waals surface area (Å²) in [6.07, 6.45) is 3.33. The summed E-state index contributed by atoms with van der Waals surface area (Å²) in [6.45, 7) is 2.12. The number of aryl methyl sites for hydroxylation is 1. The van der Waals surface area contributed by atoms with Crippen LogP contribution in [0, 0.1) is 6.92 Å². The molecule has 1 aliphatic heterocycles. The Morgan fingerprint density at radius 2 is 1.87 bits per heavy atom. The van der Waals surface area contributed by atoms with Crippen molar-refractivity contribution in [2.45, 2.75) is 19.6 Å². The van der Waals surface area contributed by atoms with Crippen LogP contribution in [0.5, 0.6) is 5.75 Å². The van der Waals surface area contributed by atoms with E-state index in [1.54, 1.807) is 47.3 Å². The lowest BCUT2D eigenvalue weighted by molar-refractivity contribution is -0.132. The highest BCUT2D eigenvalue weighted by Gasteiger charge is 2.48. The molecule has 8 nitrogen and oxygen atoms in total. The summed E-state index contributed by atoms with van der Waals surface area (Å²) in [5.74, 6) is -1.27. The molecule has 6 rings (SSSR count). The number of amides is 1. The summed E-state index contributed by atoms with van der Waals surface area (Å²) in [5.41, 5.74) is 3.10. The van der Waals surface area contributed by atoms with Gasteiger partial charge in [-0.25, -0.2) is 9.97 Å². The second-order valence-electron chi connectivity index (χ2n) is 8.81. The number of hydrogen-bond donors (Lipinski definition) is 1. The van der Waals surface area contributed by atoms with Gasteiger partial charge in [0.2, 0.25) is 0 Å². The zero-order valence-electron chi connectivity index (χ0n) is 20.3. The maximum atomic E-state index is 13.5. The van der Waals surface area contributed by atoms with Crippen LogP contribution in [0.15, 0.2) is 96.1 Å². The molecular weight excluding hydrogens is 500 g/mol. The van der Waals surface area contributed by atoms with E-state index in [-0.39, 0.29) is 11.3 Å². The first-order valence-corrected chi connectivity index (χ1v) is 12.8. The van der Waals surface area contributed by atoms with Crippen molar-refractivity contribution in [1.29, 1.82) is 0 Å². The van der Waals surface area contributed by atoms with Crippen molar-refractivity contribution in [3.05, 3.63) is 119 Å². The van der Waals surface area contributed by atoms with Crippen LogP contribution in [0.25, 0.3) is 11.4 Å². The van der Waals surface area contributed by atoms with E-state index in [0.717, 1.165) is 5.56 Å². The summed E-state index contributed by atoms with van der Waals surface area (Å²) in [6, 6.07) is 21.5. The normalized spacial score (nSPS) is 16.9. The minimum atomic E-state index is -0.907. The number of pyridine rings is 1. The zero-order valence-corrected chi connectivity index (χ0v) is 21.1.